The fourth-order valence-electron chi connectivity index (χ4n) is 3.17. The Labute approximate surface area is 173 Å². The molecule has 0 N–H and O–H groups in total. The maximum atomic E-state index is 6.13. The summed E-state index contributed by atoms with van der Waals surface area (Å²) in [6.07, 6.45) is 4.01. The lowest BCUT2D eigenvalue weighted by molar-refractivity contribution is 0.0511. The lowest BCUT2D eigenvalue weighted by Gasteiger charge is -2.16. The first-order valence-electron chi connectivity index (χ1n) is 9.80. The van der Waals surface area contributed by atoms with E-state index in [-0.39, 0.29) is 6.79 Å². The van der Waals surface area contributed by atoms with E-state index in [9.17, 15) is 0 Å². The van der Waals surface area contributed by atoms with Gasteiger partial charge in [-0.05, 0) is 67.3 Å². The summed E-state index contributed by atoms with van der Waals surface area (Å²) in [5.74, 6) is 1.65. The number of hydrogen-bond acceptors (Lipinski definition) is 3. The third kappa shape index (κ3) is 5.27. The van der Waals surface area contributed by atoms with Crippen LogP contribution in [0.25, 0.3) is 22.3 Å². The molecule has 3 rings (SSSR count). The van der Waals surface area contributed by atoms with Crippen molar-refractivity contribution in [3.8, 4) is 33.8 Å². The van der Waals surface area contributed by atoms with Crippen molar-refractivity contribution < 1.29 is 14.2 Å². The molecule has 0 aliphatic heterocycles. The second-order valence-electron chi connectivity index (χ2n) is 6.98. The molecule has 0 aliphatic carbocycles. The molecule has 0 atom stereocenters. The van der Waals surface area contributed by atoms with Crippen LogP contribution in [0.2, 0.25) is 0 Å². The molecule has 3 nitrogen and oxygen atoms in total. The van der Waals surface area contributed by atoms with Crippen LogP contribution in [0.15, 0.2) is 72.8 Å². The number of allylic oxidation sites excluding steroid dienone is 1. The van der Waals surface area contributed by atoms with Gasteiger partial charge < -0.3 is 14.2 Å². The van der Waals surface area contributed by atoms with Gasteiger partial charge in [0, 0.05) is 12.7 Å². The lowest BCUT2D eigenvalue weighted by atomic mass is 9.94. The topological polar surface area (TPSA) is 27.7 Å². The molecular formula is C26H28O3. The standard InChI is InChI=1S/C26H28O3/c1-5-6-15-28-26-17-24(21-9-7-19(2)8-10-21)20(3)16-25(26)22-11-13-23(14-12-22)29-18-27-4/h5-14,16-17H,15,18H2,1-4H3/b6-5+. The number of rotatable bonds is 8. The molecule has 3 aromatic carbocycles. The highest BCUT2D eigenvalue weighted by Gasteiger charge is 2.12. The van der Waals surface area contributed by atoms with E-state index in [1.165, 1.54) is 22.3 Å². The third-order valence-corrected chi connectivity index (χ3v) is 4.77. The summed E-state index contributed by atoms with van der Waals surface area (Å²) in [5.41, 5.74) is 7.00. The summed E-state index contributed by atoms with van der Waals surface area (Å²) >= 11 is 0. The number of ether oxygens (including phenoxy) is 3. The SMILES string of the molecule is C/C=C/COc1cc(-c2ccc(C)cc2)c(C)cc1-c1ccc(OCOC)cc1. The van der Waals surface area contributed by atoms with Gasteiger partial charge in [0.15, 0.2) is 6.79 Å². The third-order valence-electron chi connectivity index (χ3n) is 4.77. The Balaban J connectivity index is 2.00. The number of methoxy groups -OCH3 is 1. The Morgan fingerprint density at radius 3 is 2.10 bits per heavy atom. The van der Waals surface area contributed by atoms with Crippen LogP contribution in [0, 0.1) is 13.8 Å². The van der Waals surface area contributed by atoms with Crippen LogP contribution >= 0.6 is 0 Å². The van der Waals surface area contributed by atoms with Gasteiger partial charge in [0.1, 0.15) is 18.1 Å². The van der Waals surface area contributed by atoms with Crippen molar-refractivity contribution in [2.45, 2.75) is 20.8 Å². The minimum atomic E-state index is 0.238. The van der Waals surface area contributed by atoms with E-state index in [1.807, 2.05) is 43.3 Å². The molecule has 29 heavy (non-hydrogen) atoms. The average Bonchev–Trinajstić information content (AvgIpc) is 2.74. The van der Waals surface area contributed by atoms with Crippen molar-refractivity contribution in [2.75, 3.05) is 20.5 Å². The minimum absolute atomic E-state index is 0.238. The van der Waals surface area contributed by atoms with Gasteiger partial charge in [0.05, 0.1) is 0 Å². The van der Waals surface area contributed by atoms with Gasteiger partial charge in [-0.3, -0.25) is 0 Å². The smallest absolute Gasteiger partial charge is 0.188 e. The molecule has 0 unspecified atom stereocenters. The molecule has 0 bridgehead atoms. The molecule has 0 spiro atoms. The predicted molar refractivity (Wildman–Crippen MR) is 120 cm³/mol. The summed E-state index contributed by atoms with van der Waals surface area (Å²) in [6, 6.07) is 21.0. The molecule has 3 heteroatoms. The van der Waals surface area contributed by atoms with Crippen molar-refractivity contribution in [1.82, 2.24) is 0 Å². The normalized spacial score (nSPS) is 11.0. The molecule has 0 aromatic heterocycles. The van der Waals surface area contributed by atoms with Gasteiger partial charge >= 0.3 is 0 Å². The van der Waals surface area contributed by atoms with Gasteiger partial charge in [-0.25, -0.2) is 0 Å². The maximum Gasteiger partial charge on any atom is 0.188 e. The second kappa shape index (κ2) is 9.94. The first-order chi connectivity index (χ1) is 14.1. The Morgan fingerprint density at radius 1 is 0.793 bits per heavy atom. The van der Waals surface area contributed by atoms with E-state index < -0.39 is 0 Å². The molecule has 0 saturated carbocycles. The molecule has 0 saturated heterocycles. The van der Waals surface area contributed by atoms with Crippen molar-refractivity contribution in [1.29, 1.82) is 0 Å². The van der Waals surface area contributed by atoms with Crippen LogP contribution in [0.1, 0.15) is 18.1 Å². The Bertz CT molecular complexity index is 954. The molecule has 0 fully saturated rings. The quantitative estimate of drug-likeness (QED) is 0.322. The summed E-state index contributed by atoms with van der Waals surface area (Å²) in [5, 5.41) is 0. The molecule has 0 amide bonds. The van der Waals surface area contributed by atoms with Crippen molar-refractivity contribution >= 4 is 0 Å². The van der Waals surface area contributed by atoms with Gasteiger partial charge in [0.25, 0.3) is 0 Å². The van der Waals surface area contributed by atoms with E-state index in [4.69, 9.17) is 14.2 Å². The lowest BCUT2D eigenvalue weighted by Crippen LogP contribution is -1.99. The van der Waals surface area contributed by atoms with Crippen LogP contribution in [0.3, 0.4) is 0 Å². The van der Waals surface area contributed by atoms with Crippen LogP contribution in [0.4, 0.5) is 0 Å². The fourth-order valence-corrected chi connectivity index (χ4v) is 3.17. The van der Waals surface area contributed by atoms with Gasteiger partial charge in [0.2, 0.25) is 0 Å². The largest absolute Gasteiger partial charge is 0.489 e. The van der Waals surface area contributed by atoms with Crippen LogP contribution < -0.4 is 9.47 Å². The highest BCUT2D eigenvalue weighted by molar-refractivity contribution is 5.79. The summed E-state index contributed by atoms with van der Waals surface area (Å²) < 4.78 is 16.6. The summed E-state index contributed by atoms with van der Waals surface area (Å²) in [4.78, 5) is 0. The fraction of sp³-hybridized carbons (Fsp3) is 0.231. The molecule has 150 valence electrons. The Morgan fingerprint density at radius 2 is 1.45 bits per heavy atom. The van der Waals surface area contributed by atoms with E-state index in [0.717, 1.165) is 22.6 Å². The predicted octanol–water partition coefficient (Wildman–Crippen LogP) is 6.58. The zero-order chi connectivity index (χ0) is 20.6. The van der Waals surface area contributed by atoms with Gasteiger partial charge in [-0.2, -0.15) is 0 Å². The first kappa shape index (κ1) is 20.7. The van der Waals surface area contributed by atoms with Crippen LogP contribution in [-0.4, -0.2) is 20.5 Å². The Kier molecular flexibility index (Phi) is 7.09. The Hall–Kier alpha value is -3.04. The van der Waals surface area contributed by atoms with Gasteiger partial charge in [-0.15, -0.1) is 0 Å². The summed E-state index contributed by atoms with van der Waals surface area (Å²) in [7, 11) is 1.61. The molecule has 0 heterocycles. The zero-order valence-electron chi connectivity index (χ0n) is 17.6. The molecule has 3 aromatic rings. The average molecular weight is 389 g/mol. The monoisotopic (exact) mass is 388 g/mol. The van der Waals surface area contributed by atoms with E-state index in [2.05, 4.69) is 50.2 Å². The minimum Gasteiger partial charge on any atom is -0.489 e. The summed E-state index contributed by atoms with van der Waals surface area (Å²) in [6.45, 7) is 7.02. The van der Waals surface area contributed by atoms with Gasteiger partial charge in [-0.1, -0.05) is 54.1 Å². The molecule has 0 radical (unpaired) electrons. The van der Waals surface area contributed by atoms with Crippen molar-refractivity contribution in [3.63, 3.8) is 0 Å². The number of aryl methyl sites for hydroxylation is 2. The highest BCUT2D eigenvalue weighted by Crippen LogP contribution is 2.37. The van der Waals surface area contributed by atoms with E-state index in [1.54, 1.807) is 7.11 Å². The second-order valence-corrected chi connectivity index (χ2v) is 6.98. The first-order valence-corrected chi connectivity index (χ1v) is 9.80. The number of hydrogen-bond donors (Lipinski definition) is 0. The van der Waals surface area contributed by atoms with Crippen molar-refractivity contribution in [2.24, 2.45) is 0 Å². The van der Waals surface area contributed by atoms with Crippen LogP contribution in [0.5, 0.6) is 11.5 Å². The zero-order valence-corrected chi connectivity index (χ0v) is 17.6. The maximum absolute atomic E-state index is 6.13. The number of benzene rings is 3. The molecular weight excluding hydrogens is 360 g/mol. The highest BCUT2D eigenvalue weighted by atomic mass is 16.7. The van der Waals surface area contributed by atoms with E-state index in [0.29, 0.717) is 6.61 Å². The molecule has 0 aliphatic rings. The van der Waals surface area contributed by atoms with Crippen LogP contribution in [-0.2, 0) is 4.74 Å². The van der Waals surface area contributed by atoms with E-state index >= 15 is 0 Å². The van der Waals surface area contributed by atoms with Crippen molar-refractivity contribution in [3.05, 3.63) is 83.9 Å².